The number of hydrogen-bond acceptors (Lipinski definition) is 2. The zero-order valence-electron chi connectivity index (χ0n) is 8.78. The van der Waals surface area contributed by atoms with Crippen molar-refractivity contribution in [1.29, 1.82) is 0 Å². The Bertz CT molecular complexity index is 215. The van der Waals surface area contributed by atoms with Crippen LogP contribution in [-0.2, 0) is 4.79 Å². The van der Waals surface area contributed by atoms with Gasteiger partial charge in [0.05, 0.1) is 12.1 Å². The fraction of sp³-hybridized carbons (Fsp3) is 0.727. The molecule has 1 N–H and O–H groups in total. The van der Waals surface area contributed by atoms with Crippen molar-refractivity contribution in [2.75, 3.05) is 7.05 Å². The number of aliphatic hydroxyl groups is 1. The molecule has 14 heavy (non-hydrogen) atoms. The van der Waals surface area contributed by atoms with Crippen LogP contribution >= 0.6 is 0 Å². The summed E-state index contributed by atoms with van der Waals surface area (Å²) in [6.45, 7) is 3.54. The predicted octanol–water partition coefficient (Wildman–Crippen LogP) is 1.32. The molecule has 0 radical (unpaired) electrons. The fourth-order valence-corrected chi connectivity index (χ4v) is 2.00. The highest BCUT2D eigenvalue weighted by Gasteiger charge is 2.28. The molecule has 1 saturated carbocycles. The molecule has 0 bridgehead atoms. The van der Waals surface area contributed by atoms with Crippen LogP contribution in [-0.4, -0.2) is 35.1 Å². The van der Waals surface area contributed by atoms with Gasteiger partial charge < -0.3 is 10.0 Å². The number of carbonyl (C=O) groups is 1. The quantitative estimate of drug-likeness (QED) is 0.693. The van der Waals surface area contributed by atoms with Crippen LogP contribution in [0.15, 0.2) is 12.7 Å². The lowest BCUT2D eigenvalue weighted by atomic mass is 9.91. The summed E-state index contributed by atoms with van der Waals surface area (Å²) in [5.74, 6) is 0.0472. The third-order valence-corrected chi connectivity index (χ3v) is 2.90. The molecule has 0 aromatic rings. The van der Waals surface area contributed by atoms with Crippen molar-refractivity contribution in [2.24, 2.45) is 0 Å². The molecule has 80 valence electrons. The normalized spacial score (nSPS) is 27.0. The van der Waals surface area contributed by atoms with Crippen molar-refractivity contribution in [1.82, 2.24) is 4.90 Å². The second-order valence-corrected chi connectivity index (χ2v) is 3.92. The molecule has 1 aliphatic carbocycles. The Morgan fingerprint density at radius 1 is 1.57 bits per heavy atom. The van der Waals surface area contributed by atoms with Gasteiger partial charge in [0.25, 0.3) is 0 Å². The van der Waals surface area contributed by atoms with Crippen molar-refractivity contribution in [3.63, 3.8) is 0 Å². The van der Waals surface area contributed by atoms with E-state index < -0.39 is 0 Å². The number of carbonyl (C=O) groups excluding carboxylic acids is 1. The highest BCUT2D eigenvalue weighted by molar-refractivity contribution is 5.77. The minimum Gasteiger partial charge on any atom is -0.391 e. The molecule has 0 spiro atoms. The molecule has 0 heterocycles. The number of nitrogens with zero attached hydrogens (tertiary/aromatic N) is 1. The summed E-state index contributed by atoms with van der Waals surface area (Å²) < 4.78 is 0. The van der Waals surface area contributed by atoms with Crippen LogP contribution in [0.1, 0.15) is 32.1 Å². The van der Waals surface area contributed by atoms with E-state index in [4.69, 9.17) is 0 Å². The summed E-state index contributed by atoms with van der Waals surface area (Å²) in [6, 6.07) is 0.0104. The monoisotopic (exact) mass is 197 g/mol. The van der Waals surface area contributed by atoms with Crippen molar-refractivity contribution >= 4 is 5.91 Å². The highest BCUT2D eigenvalue weighted by Crippen LogP contribution is 2.22. The topological polar surface area (TPSA) is 40.5 Å². The van der Waals surface area contributed by atoms with Crippen LogP contribution in [0.5, 0.6) is 0 Å². The number of aliphatic hydroxyl groups excluding tert-OH is 1. The van der Waals surface area contributed by atoms with Gasteiger partial charge in [0.1, 0.15) is 0 Å². The van der Waals surface area contributed by atoms with E-state index in [1.165, 1.54) is 0 Å². The second-order valence-electron chi connectivity index (χ2n) is 3.92. The molecule has 3 nitrogen and oxygen atoms in total. The highest BCUT2D eigenvalue weighted by atomic mass is 16.3. The number of rotatable bonds is 3. The standard InChI is InChI=1S/C11H19NO2/c1-3-6-11(14)12(2)9-7-4-5-8-10(9)13/h3,9-10,13H,1,4-8H2,2H3. The molecular formula is C11H19NO2. The largest absolute Gasteiger partial charge is 0.391 e. The van der Waals surface area contributed by atoms with Crippen molar-refractivity contribution in [2.45, 2.75) is 44.2 Å². The Balaban J connectivity index is 2.52. The number of hydrogen-bond donors (Lipinski definition) is 1. The first-order valence-corrected chi connectivity index (χ1v) is 5.21. The Morgan fingerprint density at radius 3 is 2.79 bits per heavy atom. The Morgan fingerprint density at radius 2 is 2.21 bits per heavy atom. The lowest BCUT2D eigenvalue weighted by Gasteiger charge is -2.35. The average Bonchev–Trinajstić information content (AvgIpc) is 2.18. The third kappa shape index (κ3) is 2.58. The molecule has 2 unspecified atom stereocenters. The second kappa shape index (κ2) is 5.15. The molecule has 1 fully saturated rings. The maximum Gasteiger partial charge on any atom is 0.226 e. The van der Waals surface area contributed by atoms with Crippen molar-refractivity contribution in [3.05, 3.63) is 12.7 Å². The zero-order chi connectivity index (χ0) is 10.6. The van der Waals surface area contributed by atoms with E-state index in [-0.39, 0.29) is 18.1 Å². The summed E-state index contributed by atoms with van der Waals surface area (Å²) in [4.78, 5) is 13.2. The van der Waals surface area contributed by atoms with E-state index >= 15 is 0 Å². The first-order chi connectivity index (χ1) is 6.66. The van der Waals surface area contributed by atoms with Crippen LogP contribution in [0.4, 0.5) is 0 Å². The molecule has 0 aromatic heterocycles. The van der Waals surface area contributed by atoms with Gasteiger partial charge in [-0.2, -0.15) is 0 Å². The van der Waals surface area contributed by atoms with Crippen LogP contribution in [0, 0.1) is 0 Å². The van der Waals surface area contributed by atoms with E-state index in [1.54, 1.807) is 18.0 Å². The Hall–Kier alpha value is -0.830. The van der Waals surface area contributed by atoms with Gasteiger partial charge in [0, 0.05) is 13.5 Å². The van der Waals surface area contributed by atoms with Gasteiger partial charge in [-0.05, 0) is 12.8 Å². The summed E-state index contributed by atoms with van der Waals surface area (Å²) in [5.41, 5.74) is 0. The van der Waals surface area contributed by atoms with Crippen LogP contribution in [0.25, 0.3) is 0 Å². The Labute approximate surface area is 85.4 Å². The minimum absolute atomic E-state index is 0.0104. The van der Waals surface area contributed by atoms with Crippen LogP contribution < -0.4 is 0 Å². The minimum atomic E-state index is -0.345. The van der Waals surface area contributed by atoms with E-state index in [0.717, 1.165) is 25.7 Å². The summed E-state index contributed by atoms with van der Waals surface area (Å²) in [5, 5.41) is 9.74. The maximum atomic E-state index is 11.5. The molecule has 0 aliphatic heterocycles. The van der Waals surface area contributed by atoms with E-state index in [1.807, 2.05) is 0 Å². The first-order valence-electron chi connectivity index (χ1n) is 5.21. The van der Waals surface area contributed by atoms with Gasteiger partial charge in [-0.1, -0.05) is 18.9 Å². The first kappa shape index (κ1) is 11.2. The van der Waals surface area contributed by atoms with E-state index in [9.17, 15) is 9.90 Å². The van der Waals surface area contributed by atoms with Crippen molar-refractivity contribution in [3.8, 4) is 0 Å². The zero-order valence-corrected chi connectivity index (χ0v) is 8.78. The van der Waals surface area contributed by atoms with Gasteiger partial charge in [0.15, 0.2) is 0 Å². The van der Waals surface area contributed by atoms with E-state index in [0.29, 0.717) is 6.42 Å². The molecule has 0 aromatic carbocycles. The van der Waals surface area contributed by atoms with Crippen LogP contribution in [0.3, 0.4) is 0 Å². The van der Waals surface area contributed by atoms with Gasteiger partial charge in [-0.25, -0.2) is 0 Å². The lowest BCUT2D eigenvalue weighted by Crippen LogP contribution is -2.46. The fourth-order valence-electron chi connectivity index (χ4n) is 2.00. The molecule has 0 saturated heterocycles. The molecular weight excluding hydrogens is 178 g/mol. The smallest absolute Gasteiger partial charge is 0.226 e. The summed E-state index contributed by atoms with van der Waals surface area (Å²) in [6.07, 6.45) is 5.53. The average molecular weight is 197 g/mol. The maximum absolute atomic E-state index is 11.5. The summed E-state index contributed by atoms with van der Waals surface area (Å²) >= 11 is 0. The van der Waals surface area contributed by atoms with Gasteiger partial charge in [-0.3, -0.25) is 4.79 Å². The van der Waals surface area contributed by atoms with Crippen LogP contribution in [0.2, 0.25) is 0 Å². The third-order valence-electron chi connectivity index (χ3n) is 2.90. The number of amides is 1. The van der Waals surface area contributed by atoms with Gasteiger partial charge in [0.2, 0.25) is 5.91 Å². The van der Waals surface area contributed by atoms with E-state index in [2.05, 4.69) is 6.58 Å². The predicted molar refractivity (Wildman–Crippen MR) is 55.8 cm³/mol. The molecule has 1 aliphatic rings. The summed E-state index contributed by atoms with van der Waals surface area (Å²) in [7, 11) is 1.77. The Kier molecular flexibility index (Phi) is 4.14. The molecule has 1 amide bonds. The molecule has 3 heteroatoms. The van der Waals surface area contributed by atoms with Gasteiger partial charge in [-0.15, -0.1) is 6.58 Å². The molecule has 2 atom stereocenters. The van der Waals surface area contributed by atoms with Gasteiger partial charge >= 0.3 is 0 Å². The molecule has 1 rings (SSSR count). The van der Waals surface area contributed by atoms with Crippen molar-refractivity contribution < 1.29 is 9.90 Å². The lowest BCUT2D eigenvalue weighted by molar-refractivity contribution is -0.134. The SMILES string of the molecule is C=CCC(=O)N(C)C1CCCCC1O. The number of likely N-dealkylation sites (N-methyl/N-ethyl adjacent to an activating group) is 1.